The lowest BCUT2D eigenvalue weighted by Crippen LogP contribution is -2.22. The lowest BCUT2D eigenvalue weighted by molar-refractivity contribution is -0.156. The first kappa shape index (κ1) is 19.0. The maximum atomic E-state index is 11.2. The molecule has 1 aliphatic heterocycles. The molecule has 0 aromatic heterocycles. The molecule has 1 fully saturated rings. The summed E-state index contributed by atoms with van der Waals surface area (Å²) < 4.78 is 41.1. The van der Waals surface area contributed by atoms with Crippen molar-refractivity contribution < 1.29 is 37.2 Å². The van der Waals surface area contributed by atoms with Gasteiger partial charge in [-0.3, -0.25) is 4.52 Å². The third-order valence-corrected chi connectivity index (χ3v) is 4.76. The molecule has 124 valence electrons. The van der Waals surface area contributed by atoms with E-state index in [1.165, 1.54) is 6.08 Å². The largest absolute Gasteiger partial charge is 0.480 e. The monoisotopic (exact) mass is 345 g/mol. The van der Waals surface area contributed by atoms with Crippen molar-refractivity contribution in [3.63, 3.8) is 0 Å². The summed E-state index contributed by atoms with van der Waals surface area (Å²) in [6.07, 6.45) is 4.19. The molecule has 9 nitrogen and oxygen atoms in total. The van der Waals surface area contributed by atoms with E-state index in [-0.39, 0.29) is 12.9 Å². The Labute approximate surface area is 123 Å². The highest BCUT2D eigenvalue weighted by atomic mass is 31.3. The summed E-state index contributed by atoms with van der Waals surface area (Å²) in [5.74, 6) is 0. The van der Waals surface area contributed by atoms with Crippen LogP contribution in [-0.4, -0.2) is 35.9 Å². The first-order valence-corrected chi connectivity index (χ1v) is 9.51. The van der Waals surface area contributed by atoms with Crippen molar-refractivity contribution in [2.45, 2.75) is 32.5 Å². The number of phosphoric acid groups is 1. The smallest absolute Gasteiger partial charge is 0.353 e. The summed E-state index contributed by atoms with van der Waals surface area (Å²) >= 11 is 0. The molecule has 3 unspecified atom stereocenters. The standard InChI is InChI=1S/C10H21NO8P2/c1-9(8-17-10-4-2-3-6-16-10)5-7-18-21(14,15)19-20(11,12)13/h5,10H,2-4,6-8H2,1H3,(H,14,15)(H3,11,12,13). The molecule has 0 saturated carbocycles. The number of rotatable bonds is 8. The Morgan fingerprint density at radius 3 is 2.71 bits per heavy atom. The average molecular weight is 345 g/mol. The molecule has 1 rings (SSSR count). The topological polar surface area (TPSA) is 138 Å². The van der Waals surface area contributed by atoms with E-state index >= 15 is 0 Å². The van der Waals surface area contributed by atoms with E-state index in [0.717, 1.165) is 24.8 Å². The van der Waals surface area contributed by atoms with Gasteiger partial charge in [-0.2, -0.15) is 4.31 Å². The summed E-state index contributed by atoms with van der Waals surface area (Å²) in [5.41, 5.74) is 5.36. The van der Waals surface area contributed by atoms with Crippen molar-refractivity contribution in [2.24, 2.45) is 5.50 Å². The Morgan fingerprint density at radius 2 is 2.14 bits per heavy atom. The Hall–Kier alpha value is -0.0800. The van der Waals surface area contributed by atoms with Crippen molar-refractivity contribution in [2.75, 3.05) is 19.8 Å². The van der Waals surface area contributed by atoms with Gasteiger partial charge in [-0.15, -0.1) is 0 Å². The van der Waals surface area contributed by atoms with Crippen LogP contribution in [0.3, 0.4) is 0 Å². The van der Waals surface area contributed by atoms with E-state index in [4.69, 9.17) is 19.3 Å². The fourth-order valence-electron chi connectivity index (χ4n) is 1.57. The lowest BCUT2D eigenvalue weighted by Gasteiger charge is -2.22. The third-order valence-electron chi connectivity index (χ3n) is 2.52. The summed E-state index contributed by atoms with van der Waals surface area (Å²) in [5, 5.41) is 0. The van der Waals surface area contributed by atoms with Crippen LogP contribution in [0.5, 0.6) is 0 Å². The predicted molar refractivity (Wildman–Crippen MR) is 74.2 cm³/mol. The van der Waals surface area contributed by atoms with Crippen LogP contribution in [0.25, 0.3) is 0 Å². The summed E-state index contributed by atoms with van der Waals surface area (Å²) in [7, 11) is -9.25. The normalized spacial score (nSPS) is 26.1. The van der Waals surface area contributed by atoms with Crippen LogP contribution in [0.1, 0.15) is 26.2 Å². The molecule has 0 radical (unpaired) electrons. The van der Waals surface area contributed by atoms with Crippen LogP contribution in [-0.2, 0) is 27.4 Å². The van der Waals surface area contributed by atoms with E-state index < -0.39 is 15.6 Å². The average Bonchev–Trinajstić information content (AvgIpc) is 2.34. The van der Waals surface area contributed by atoms with Gasteiger partial charge in [0, 0.05) is 6.61 Å². The zero-order valence-electron chi connectivity index (χ0n) is 11.7. The van der Waals surface area contributed by atoms with Crippen LogP contribution in [0.4, 0.5) is 0 Å². The van der Waals surface area contributed by atoms with Crippen LogP contribution < -0.4 is 5.50 Å². The number of hydrogen-bond acceptors (Lipinski definition) is 6. The van der Waals surface area contributed by atoms with Crippen molar-refractivity contribution in [1.29, 1.82) is 0 Å². The molecule has 21 heavy (non-hydrogen) atoms. The van der Waals surface area contributed by atoms with Gasteiger partial charge in [-0.1, -0.05) is 6.08 Å². The highest BCUT2D eigenvalue weighted by Crippen LogP contribution is 2.55. The second kappa shape index (κ2) is 8.53. The Morgan fingerprint density at radius 1 is 1.43 bits per heavy atom. The Balaban J connectivity index is 2.28. The molecule has 0 aromatic carbocycles. The molecule has 4 N–H and O–H groups in total. The molecule has 1 saturated heterocycles. The number of phosphoric ester groups is 1. The number of ether oxygens (including phenoxy) is 2. The van der Waals surface area contributed by atoms with Gasteiger partial charge in [0.05, 0.1) is 13.2 Å². The van der Waals surface area contributed by atoms with Gasteiger partial charge in [0.2, 0.25) is 0 Å². The SMILES string of the molecule is CC(=CCOP(=O)(O)OP(N)(=O)O)COC1CCCCO1. The van der Waals surface area contributed by atoms with Crippen LogP contribution in [0.2, 0.25) is 0 Å². The van der Waals surface area contributed by atoms with Crippen molar-refractivity contribution in [1.82, 2.24) is 0 Å². The maximum absolute atomic E-state index is 11.2. The van der Waals surface area contributed by atoms with Gasteiger partial charge in [0.25, 0.3) is 0 Å². The second-order valence-electron chi connectivity index (χ2n) is 4.57. The van der Waals surface area contributed by atoms with Crippen molar-refractivity contribution >= 4 is 15.6 Å². The van der Waals surface area contributed by atoms with E-state index in [2.05, 4.69) is 14.3 Å². The molecule has 0 spiro atoms. The molecule has 1 heterocycles. The van der Waals surface area contributed by atoms with Crippen LogP contribution in [0.15, 0.2) is 11.6 Å². The zero-order chi connectivity index (χ0) is 15.9. The minimum Gasteiger partial charge on any atom is -0.353 e. The molecule has 3 atom stereocenters. The molecule has 0 amide bonds. The van der Waals surface area contributed by atoms with Gasteiger partial charge in [0.1, 0.15) is 0 Å². The first-order valence-electron chi connectivity index (χ1n) is 6.37. The van der Waals surface area contributed by atoms with Gasteiger partial charge in [-0.25, -0.2) is 14.6 Å². The van der Waals surface area contributed by atoms with Gasteiger partial charge >= 0.3 is 15.6 Å². The van der Waals surface area contributed by atoms with Gasteiger partial charge in [0.15, 0.2) is 6.29 Å². The van der Waals surface area contributed by atoms with Crippen molar-refractivity contribution in [3.8, 4) is 0 Å². The fourth-order valence-corrected chi connectivity index (χ4v) is 3.21. The molecule has 0 aromatic rings. The first-order chi connectivity index (χ1) is 9.68. The maximum Gasteiger partial charge on any atom is 0.480 e. The molecular formula is C10H21NO8P2. The molecular weight excluding hydrogens is 324 g/mol. The minimum atomic E-state index is -4.66. The van der Waals surface area contributed by atoms with E-state index in [1.54, 1.807) is 6.92 Å². The molecule has 11 heteroatoms. The van der Waals surface area contributed by atoms with Gasteiger partial charge < -0.3 is 19.3 Å². The van der Waals surface area contributed by atoms with Crippen LogP contribution in [0, 0.1) is 0 Å². The lowest BCUT2D eigenvalue weighted by atomic mass is 10.2. The third kappa shape index (κ3) is 9.52. The summed E-state index contributed by atoms with van der Waals surface area (Å²) in [4.78, 5) is 17.8. The highest BCUT2D eigenvalue weighted by molar-refractivity contribution is 7.62. The quantitative estimate of drug-likeness (QED) is 0.443. The summed E-state index contributed by atoms with van der Waals surface area (Å²) in [6, 6.07) is 0. The van der Waals surface area contributed by atoms with E-state index in [0.29, 0.717) is 13.2 Å². The van der Waals surface area contributed by atoms with Crippen molar-refractivity contribution in [3.05, 3.63) is 11.6 Å². The predicted octanol–water partition coefficient (Wildman–Crippen LogP) is 1.67. The van der Waals surface area contributed by atoms with Gasteiger partial charge in [-0.05, 0) is 31.8 Å². The highest BCUT2D eigenvalue weighted by Gasteiger charge is 2.30. The minimum absolute atomic E-state index is 0.229. The second-order valence-corrected chi connectivity index (χ2v) is 7.54. The zero-order valence-corrected chi connectivity index (χ0v) is 13.5. The molecule has 0 bridgehead atoms. The number of hydrogen-bond donors (Lipinski definition) is 3. The van der Waals surface area contributed by atoms with E-state index in [1.807, 2.05) is 0 Å². The Kier molecular flexibility index (Phi) is 7.70. The van der Waals surface area contributed by atoms with Crippen LogP contribution >= 0.6 is 15.6 Å². The fraction of sp³-hybridized carbons (Fsp3) is 0.800. The molecule has 1 aliphatic rings. The summed E-state index contributed by atoms with van der Waals surface area (Å²) in [6.45, 7) is 2.44. The molecule has 0 aliphatic carbocycles. The Bertz CT molecular complexity index is 442. The van der Waals surface area contributed by atoms with E-state index in [9.17, 15) is 9.13 Å². The number of nitrogens with two attached hydrogens (primary N) is 1.